The van der Waals surface area contributed by atoms with Gasteiger partial charge in [-0.15, -0.1) is 0 Å². The molecule has 0 aliphatic heterocycles. The van der Waals surface area contributed by atoms with Crippen molar-refractivity contribution in [1.82, 2.24) is 14.3 Å². The molecule has 13 heavy (non-hydrogen) atoms. The molecule has 0 fully saturated rings. The standard InChI is InChI=1S/C7H8ClN3O2/c8-6-1-2-7-10(13-4-3-12)5-9-11(6)7/h1-2,5,12H,3-4H2. The van der Waals surface area contributed by atoms with E-state index in [0.29, 0.717) is 5.15 Å². The van der Waals surface area contributed by atoms with E-state index < -0.39 is 0 Å². The quantitative estimate of drug-likeness (QED) is 0.773. The molecule has 0 radical (unpaired) electrons. The van der Waals surface area contributed by atoms with E-state index in [9.17, 15) is 0 Å². The Kier molecular flexibility index (Phi) is 2.12. The molecule has 2 heterocycles. The van der Waals surface area contributed by atoms with E-state index in [0.717, 1.165) is 5.65 Å². The first kappa shape index (κ1) is 8.40. The van der Waals surface area contributed by atoms with Crippen LogP contribution in [0.3, 0.4) is 0 Å². The summed E-state index contributed by atoms with van der Waals surface area (Å²) >= 11 is 5.80. The predicted molar refractivity (Wildman–Crippen MR) is 46.7 cm³/mol. The molecule has 0 spiro atoms. The van der Waals surface area contributed by atoms with E-state index in [1.165, 1.54) is 11.1 Å². The lowest BCUT2D eigenvalue weighted by atomic mass is 10.6. The van der Waals surface area contributed by atoms with Gasteiger partial charge in [0.1, 0.15) is 11.8 Å². The van der Waals surface area contributed by atoms with Gasteiger partial charge in [0, 0.05) is 0 Å². The van der Waals surface area contributed by atoms with Crippen LogP contribution >= 0.6 is 11.6 Å². The lowest BCUT2D eigenvalue weighted by molar-refractivity contribution is 0.0818. The largest absolute Gasteiger partial charge is 0.408 e. The maximum absolute atomic E-state index is 8.55. The Hall–Kier alpha value is -1.20. The Morgan fingerprint density at radius 2 is 2.38 bits per heavy atom. The maximum Gasteiger partial charge on any atom is 0.173 e. The lowest BCUT2D eigenvalue weighted by Crippen LogP contribution is -2.14. The van der Waals surface area contributed by atoms with Gasteiger partial charge in [0.05, 0.1) is 6.61 Å². The second-order valence-corrected chi connectivity index (χ2v) is 2.83. The maximum atomic E-state index is 8.55. The first-order chi connectivity index (χ1) is 6.33. The first-order valence-corrected chi connectivity index (χ1v) is 4.15. The van der Waals surface area contributed by atoms with Gasteiger partial charge < -0.3 is 9.94 Å². The third kappa shape index (κ3) is 1.36. The van der Waals surface area contributed by atoms with Crippen LogP contribution in [0.15, 0.2) is 18.5 Å². The van der Waals surface area contributed by atoms with E-state index in [1.54, 1.807) is 16.6 Å². The van der Waals surface area contributed by atoms with Crippen molar-refractivity contribution in [2.45, 2.75) is 0 Å². The molecule has 0 aromatic carbocycles. The summed E-state index contributed by atoms with van der Waals surface area (Å²) in [6, 6.07) is 3.51. The summed E-state index contributed by atoms with van der Waals surface area (Å²) in [5.74, 6) is 0. The summed E-state index contributed by atoms with van der Waals surface area (Å²) in [6.45, 7) is 0.202. The van der Waals surface area contributed by atoms with Crippen LogP contribution in [0, 0.1) is 0 Å². The monoisotopic (exact) mass is 201 g/mol. The zero-order chi connectivity index (χ0) is 9.26. The highest BCUT2D eigenvalue weighted by atomic mass is 35.5. The molecule has 2 rings (SSSR count). The van der Waals surface area contributed by atoms with Crippen LogP contribution in [0.5, 0.6) is 0 Å². The summed E-state index contributed by atoms with van der Waals surface area (Å²) < 4.78 is 3.00. The van der Waals surface area contributed by atoms with Gasteiger partial charge in [0.15, 0.2) is 12.0 Å². The van der Waals surface area contributed by atoms with Gasteiger partial charge in [-0.1, -0.05) is 11.6 Å². The number of halogens is 1. The van der Waals surface area contributed by atoms with E-state index in [2.05, 4.69) is 5.10 Å². The predicted octanol–water partition coefficient (Wildman–Crippen LogP) is 0.210. The van der Waals surface area contributed by atoms with Crippen LogP contribution in [0.4, 0.5) is 0 Å². The summed E-state index contributed by atoms with van der Waals surface area (Å²) in [7, 11) is 0. The van der Waals surface area contributed by atoms with Crippen LogP contribution in [-0.2, 0) is 0 Å². The lowest BCUT2D eigenvalue weighted by Gasteiger charge is -2.02. The van der Waals surface area contributed by atoms with Crippen molar-refractivity contribution in [3.63, 3.8) is 0 Å². The fraction of sp³-hybridized carbons (Fsp3) is 0.286. The minimum atomic E-state index is -0.0290. The minimum Gasteiger partial charge on any atom is -0.408 e. The van der Waals surface area contributed by atoms with Crippen molar-refractivity contribution >= 4 is 17.2 Å². The SMILES string of the molecule is OCCOn1cnn2c(Cl)ccc12. The average Bonchev–Trinajstić information content (AvgIpc) is 2.67. The number of rotatable bonds is 3. The minimum absolute atomic E-state index is 0.0290. The normalized spacial score (nSPS) is 10.9. The Morgan fingerprint density at radius 1 is 1.54 bits per heavy atom. The summed E-state index contributed by atoms with van der Waals surface area (Å²) in [5, 5.41) is 13.1. The number of hydrogen-bond acceptors (Lipinski definition) is 3. The van der Waals surface area contributed by atoms with Gasteiger partial charge in [0.25, 0.3) is 0 Å². The molecule has 0 aliphatic carbocycles. The number of aliphatic hydroxyl groups excluding tert-OH is 1. The van der Waals surface area contributed by atoms with Gasteiger partial charge in [-0.2, -0.15) is 9.83 Å². The van der Waals surface area contributed by atoms with Crippen molar-refractivity contribution in [3.8, 4) is 0 Å². The molecular formula is C7H8ClN3O2. The molecule has 5 nitrogen and oxygen atoms in total. The molecule has 0 saturated heterocycles. The molecule has 0 aliphatic rings. The van der Waals surface area contributed by atoms with Gasteiger partial charge in [-0.3, -0.25) is 0 Å². The highest BCUT2D eigenvalue weighted by Crippen LogP contribution is 2.12. The van der Waals surface area contributed by atoms with Crippen molar-refractivity contribution < 1.29 is 9.94 Å². The molecule has 6 heteroatoms. The molecule has 2 aromatic rings. The smallest absolute Gasteiger partial charge is 0.173 e. The fourth-order valence-corrected chi connectivity index (χ4v) is 1.26. The second-order valence-electron chi connectivity index (χ2n) is 2.44. The van der Waals surface area contributed by atoms with Gasteiger partial charge in [0.2, 0.25) is 0 Å². The molecule has 2 aromatic heterocycles. The number of nitrogens with zero attached hydrogens (tertiary/aromatic N) is 3. The van der Waals surface area contributed by atoms with Crippen molar-refractivity contribution in [2.24, 2.45) is 0 Å². The molecule has 70 valence electrons. The molecule has 0 bridgehead atoms. The summed E-state index contributed by atoms with van der Waals surface area (Å²) in [4.78, 5) is 5.15. The molecule has 0 saturated carbocycles. The number of aromatic nitrogens is 3. The third-order valence-electron chi connectivity index (χ3n) is 1.61. The van der Waals surface area contributed by atoms with Crippen LogP contribution < -0.4 is 4.84 Å². The van der Waals surface area contributed by atoms with Crippen molar-refractivity contribution in [3.05, 3.63) is 23.6 Å². The third-order valence-corrected chi connectivity index (χ3v) is 1.89. The molecular weight excluding hydrogens is 194 g/mol. The average molecular weight is 202 g/mol. The van der Waals surface area contributed by atoms with Crippen molar-refractivity contribution in [2.75, 3.05) is 13.2 Å². The second kappa shape index (κ2) is 3.27. The molecule has 1 N–H and O–H groups in total. The Labute approximate surface area is 79.1 Å². The molecule has 0 unspecified atom stereocenters. The first-order valence-electron chi connectivity index (χ1n) is 3.77. The Balaban J connectivity index is 2.35. The zero-order valence-electron chi connectivity index (χ0n) is 6.72. The summed E-state index contributed by atoms with van der Waals surface area (Å²) in [5.41, 5.74) is 0.735. The van der Waals surface area contributed by atoms with E-state index >= 15 is 0 Å². The molecule has 0 amide bonds. The topological polar surface area (TPSA) is 51.7 Å². The van der Waals surface area contributed by atoms with E-state index in [-0.39, 0.29) is 13.2 Å². The zero-order valence-corrected chi connectivity index (χ0v) is 7.48. The molecule has 0 atom stereocenters. The van der Waals surface area contributed by atoms with Gasteiger partial charge >= 0.3 is 0 Å². The van der Waals surface area contributed by atoms with Crippen LogP contribution in [0.1, 0.15) is 0 Å². The fourth-order valence-electron chi connectivity index (χ4n) is 1.07. The van der Waals surface area contributed by atoms with Crippen LogP contribution in [-0.4, -0.2) is 32.7 Å². The number of aliphatic hydroxyl groups is 1. The number of hydrogen-bond donors (Lipinski definition) is 1. The van der Waals surface area contributed by atoms with Crippen molar-refractivity contribution in [1.29, 1.82) is 0 Å². The van der Waals surface area contributed by atoms with Crippen LogP contribution in [0.2, 0.25) is 5.15 Å². The van der Waals surface area contributed by atoms with Gasteiger partial charge in [-0.25, -0.2) is 4.52 Å². The highest BCUT2D eigenvalue weighted by Gasteiger charge is 2.05. The van der Waals surface area contributed by atoms with Gasteiger partial charge in [-0.05, 0) is 12.1 Å². The Bertz CT molecular complexity index is 409. The van der Waals surface area contributed by atoms with E-state index in [1.807, 2.05) is 0 Å². The highest BCUT2D eigenvalue weighted by molar-refractivity contribution is 6.29. The summed E-state index contributed by atoms with van der Waals surface area (Å²) in [6.07, 6.45) is 1.50. The van der Waals surface area contributed by atoms with Crippen LogP contribution in [0.25, 0.3) is 5.65 Å². The Morgan fingerprint density at radius 3 is 3.15 bits per heavy atom. The number of fused-ring (bicyclic) bond motifs is 1. The van der Waals surface area contributed by atoms with E-state index in [4.69, 9.17) is 21.5 Å².